The van der Waals surface area contributed by atoms with Gasteiger partial charge in [0.1, 0.15) is 0 Å². The van der Waals surface area contributed by atoms with Crippen LogP contribution in [0.15, 0.2) is 24.0 Å². The second kappa shape index (κ2) is 7.76. The van der Waals surface area contributed by atoms with Gasteiger partial charge in [-0.1, -0.05) is 66.5 Å². The van der Waals surface area contributed by atoms with Gasteiger partial charge in [-0.3, -0.25) is 0 Å². The number of rotatable bonds is 5. The Morgan fingerprint density at radius 2 is 1.72 bits per heavy atom. The summed E-state index contributed by atoms with van der Waals surface area (Å²) in [6, 6.07) is 0. The number of hydrogen-bond donors (Lipinski definition) is 1. The number of aliphatic hydroxyl groups is 1. The van der Waals surface area contributed by atoms with Crippen molar-refractivity contribution < 1.29 is 5.11 Å². The van der Waals surface area contributed by atoms with Crippen LogP contribution in [0.1, 0.15) is 92.9 Å². The zero-order chi connectivity index (χ0) is 21.0. The maximum Gasteiger partial charge on any atom is 0.0990 e. The van der Waals surface area contributed by atoms with E-state index in [0.29, 0.717) is 23.0 Å². The van der Waals surface area contributed by atoms with Gasteiger partial charge >= 0.3 is 0 Å². The van der Waals surface area contributed by atoms with Crippen molar-refractivity contribution in [1.82, 2.24) is 0 Å². The van der Waals surface area contributed by atoms with Crippen molar-refractivity contribution in [2.45, 2.75) is 92.9 Å². The van der Waals surface area contributed by atoms with Crippen LogP contribution in [0, 0.1) is 58.2 Å². The number of fused-ring (bicyclic) bond motifs is 5. The average Bonchev–Trinajstić information content (AvgIpc) is 3.04. The molecule has 4 aliphatic carbocycles. The lowest BCUT2D eigenvalue weighted by molar-refractivity contribution is -0.0894. The van der Waals surface area contributed by atoms with E-state index in [1.54, 1.807) is 0 Å². The fourth-order valence-electron chi connectivity index (χ4n) is 8.55. The molecule has 1 heteroatoms. The highest BCUT2D eigenvalue weighted by molar-refractivity contribution is 5.27. The molecule has 0 heterocycles. The summed E-state index contributed by atoms with van der Waals surface area (Å²) in [6.45, 7) is 14.8. The first kappa shape index (κ1) is 21.5. The fraction of sp³-hybridized carbons (Fsp3) is 0.857. The molecule has 0 aliphatic heterocycles. The van der Waals surface area contributed by atoms with Crippen LogP contribution in [-0.2, 0) is 0 Å². The molecule has 0 radical (unpaired) electrons. The molecule has 0 aromatic rings. The van der Waals surface area contributed by atoms with Gasteiger partial charge in [0.05, 0.1) is 5.76 Å². The van der Waals surface area contributed by atoms with E-state index in [0.717, 1.165) is 35.5 Å². The summed E-state index contributed by atoms with van der Waals surface area (Å²) in [6.07, 6.45) is 17.5. The first-order valence-electron chi connectivity index (χ1n) is 12.8. The van der Waals surface area contributed by atoms with Gasteiger partial charge in [0.2, 0.25) is 0 Å². The SMILES string of the molecule is CC(C)[C@@H](C)CC[C@@H](C)[C@H]1CC[C@H]2[C@@H]3CCC4C=CC=C(O)[C@]4(C)[C@H]3CC[C@]12C. The normalized spacial score (nSPS) is 45.9. The third-order valence-electron chi connectivity index (χ3n) is 10.9. The van der Waals surface area contributed by atoms with Gasteiger partial charge in [0.25, 0.3) is 0 Å². The van der Waals surface area contributed by atoms with E-state index in [1.165, 1.54) is 51.4 Å². The van der Waals surface area contributed by atoms with E-state index < -0.39 is 0 Å². The predicted octanol–water partition coefficient (Wildman–Crippen LogP) is 8.18. The molecule has 3 fully saturated rings. The molecule has 1 unspecified atom stereocenters. The largest absolute Gasteiger partial charge is 0.512 e. The maximum atomic E-state index is 10.9. The van der Waals surface area contributed by atoms with Crippen LogP contribution < -0.4 is 0 Å². The topological polar surface area (TPSA) is 20.2 Å². The van der Waals surface area contributed by atoms with Gasteiger partial charge in [-0.15, -0.1) is 0 Å². The summed E-state index contributed by atoms with van der Waals surface area (Å²) in [5, 5.41) is 10.9. The van der Waals surface area contributed by atoms with Crippen molar-refractivity contribution in [3.8, 4) is 0 Å². The molecular formula is C28H46O. The molecule has 0 spiro atoms. The van der Waals surface area contributed by atoms with Gasteiger partial charge in [0, 0.05) is 5.41 Å². The highest BCUT2D eigenvalue weighted by Crippen LogP contribution is 2.68. The molecule has 1 N–H and O–H groups in total. The number of hydrogen-bond acceptors (Lipinski definition) is 1. The van der Waals surface area contributed by atoms with Gasteiger partial charge < -0.3 is 5.11 Å². The lowest BCUT2D eigenvalue weighted by Crippen LogP contribution is -2.53. The van der Waals surface area contributed by atoms with E-state index >= 15 is 0 Å². The Morgan fingerprint density at radius 1 is 0.966 bits per heavy atom. The van der Waals surface area contributed by atoms with Gasteiger partial charge in [-0.05, 0) is 97.4 Å². The van der Waals surface area contributed by atoms with Crippen LogP contribution in [0.4, 0.5) is 0 Å². The molecular weight excluding hydrogens is 352 g/mol. The third-order valence-corrected chi connectivity index (χ3v) is 10.9. The van der Waals surface area contributed by atoms with Crippen molar-refractivity contribution >= 4 is 0 Å². The zero-order valence-electron chi connectivity index (χ0n) is 20.0. The minimum atomic E-state index is -0.00457. The lowest BCUT2D eigenvalue weighted by atomic mass is 9.45. The van der Waals surface area contributed by atoms with Gasteiger partial charge in [-0.25, -0.2) is 0 Å². The van der Waals surface area contributed by atoms with Crippen molar-refractivity contribution in [1.29, 1.82) is 0 Å². The second-order valence-corrected chi connectivity index (χ2v) is 12.3. The van der Waals surface area contributed by atoms with Gasteiger partial charge in [-0.2, -0.15) is 0 Å². The molecule has 0 aromatic heterocycles. The lowest BCUT2D eigenvalue weighted by Gasteiger charge is -2.59. The van der Waals surface area contributed by atoms with E-state index in [4.69, 9.17) is 0 Å². The molecule has 0 saturated heterocycles. The molecule has 0 aromatic carbocycles. The van der Waals surface area contributed by atoms with Crippen LogP contribution in [0.2, 0.25) is 0 Å². The number of allylic oxidation sites excluding steroid dienone is 4. The molecule has 9 atom stereocenters. The molecule has 0 bridgehead atoms. The van der Waals surface area contributed by atoms with Crippen molar-refractivity contribution in [3.63, 3.8) is 0 Å². The van der Waals surface area contributed by atoms with Crippen LogP contribution in [0.5, 0.6) is 0 Å². The highest BCUT2D eigenvalue weighted by atomic mass is 16.3. The Balaban J connectivity index is 1.50. The molecule has 0 amide bonds. The standard InChI is InChI=1S/C28H46O/c1-18(2)19(3)10-11-20(4)23-14-15-24-22-13-12-21-8-7-9-26(29)28(21,6)25(22)16-17-27(23,24)5/h7-9,18-25,29H,10-17H2,1-6H3/t19-,20+,21?,22-,23+,24-,25-,27+,28-/m0/s1. The third kappa shape index (κ3) is 3.34. The van der Waals surface area contributed by atoms with Crippen molar-refractivity contribution in [3.05, 3.63) is 24.0 Å². The predicted molar refractivity (Wildman–Crippen MR) is 124 cm³/mol. The summed E-state index contributed by atoms with van der Waals surface area (Å²) in [5.74, 6) is 7.04. The monoisotopic (exact) mass is 398 g/mol. The summed E-state index contributed by atoms with van der Waals surface area (Å²) in [4.78, 5) is 0. The molecule has 29 heavy (non-hydrogen) atoms. The van der Waals surface area contributed by atoms with Crippen LogP contribution in [0.25, 0.3) is 0 Å². The minimum Gasteiger partial charge on any atom is -0.512 e. The van der Waals surface area contributed by atoms with E-state index in [2.05, 4.69) is 53.7 Å². The maximum absolute atomic E-state index is 10.9. The number of aliphatic hydroxyl groups excluding tert-OH is 1. The molecule has 164 valence electrons. The fourth-order valence-corrected chi connectivity index (χ4v) is 8.55. The van der Waals surface area contributed by atoms with E-state index in [9.17, 15) is 5.11 Å². The van der Waals surface area contributed by atoms with E-state index in [1.807, 2.05) is 6.08 Å². The Labute approximate surface area is 180 Å². The van der Waals surface area contributed by atoms with Crippen molar-refractivity contribution in [2.24, 2.45) is 58.2 Å². The second-order valence-electron chi connectivity index (χ2n) is 12.3. The Morgan fingerprint density at radius 3 is 2.45 bits per heavy atom. The highest BCUT2D eigenvalue weighted by Gasteiger charge is 2.60. The molecule has 4 aliphatic rings. The Bertz CT molecular complexity index is 659. The first-order chi connectivity index (χ1) is 13.7. The molecule has 1 nitrogen and oxygen atoms in total. The Hall–Kier alpha value is -0.720. The van der Waals surface area contributed by atoms with Crippen LogP contribution in [0.3, 0.4) is 0 Å². The average molecular weight is 399 g/mol. The summed E-state index contributed by atoms with van der Waals surface area (Å²) < 4.78 is 0. The quantitative estimate of drug-likeness (QED) is 0.495. The molecule has 3 saturated carbocycles. The zero-order valence-corrected chi connectivity index (χ0v) is 20.0. The minimum absolute atomic E-state index is 0.00457. The van der Waals surface area contributed by atoms with Crippen LogP contribution >= 0.6 is 0 Å². The first-order valence-corrected chi connectivity index (χ1v) is 12.8. The smallest absolute Gasteiger partial charge is 0.0990 e. The Kier molecular flexibility index (Phi) is 5.75. The van der Waals surface area contributed by atoms with E-state index in [-0.39, 0.29) is 5.41 Å². The molecule has 4 rings (SSSR count). The van der Waals surface area contributed by atoms with Crippen LogP contribution in [-0.4, -0.2) is 5.11 Å². The summed E-state index contributed by atoms with van der Waals surface area (Å²) >= 11 is 0. The summed E-state index contributed by atoms with van der Waals surface area (Å²) in [7, 11) is 0. The summed E-state index contributed by atoms with van der Waals surface area (Å²) in [5.41, 5.74) is 0.532. The van der Waals surface area contributed by atoms with Crippen molar-refractivity contribution in [2.75, 3.05) is 0 Å². The van der Waals surface area contributed by atoms with Gasteiger partial charge in [0.15, 0.2) is 0 Å².